The van der Waals surface area contributed by atoms with E-state index < -0.39 is 0 Å². The molecule has 1 saturated heterocycles. The van der Waals surface area contributed by atoms with Crippen LogP contribution in [0.4, 0.5) is 0 Å². The number of likely N-dealkylation sites (tertiary alicyclic amines) is 1. The molecule has 170 valence electrons. The van der Waals surface area contributed by atoms with Crippen LogP contribution in [0.1, 0.15) is 44.6 Å². The number of carbonyl (C=O) groups is 1. The van der Waals surface area contributed by atoms with Crippen LogP contribution in [0.15, 0.2) is 47.7 Å². The smallest absolute Gasteiger partial charge is 0.222 e. The summed E-state index contributed by atoms with van der Waals surface area (Å²) in [5, 5.41) is 11.0. The summed E-state index contributed by atoms with van der Waals surface area (Å²) in [7, 11) is 0. The molecule has 0 saturated carbocycles. The number of nitrogens with one attached hydrogen (secondary N) is 2. The summed E-state index contributed by atoms with van der Waals surface area (Å²) in [6.07, 6.45) is 9.58. The maximum absolute atomic E-state index is 12.1. The third kappa shape index (κ3) is 8.51. The number of hydrogen-bond acceptors (Lipinski definition) is 3. The lowest BCUT2D eigenvalue weighted by molar-refractivity contribution is -0.130. The van der Waals surface area contributed by atoms with E-state index in [1.807, 2.05) is 21.8 Å². The summed E-state index contributed by atoms with van der Waals surface area (Å²) < 4.78 is 1.86. The Morgan fingerprint density at radius 1 is 1.16 bits per heavy atom. The fraction of sp³-hybridized carbons (Fsp3) is 0.522. The number of rotatable bonds is 9. The highest BCUT2D eigenvalue weighted by Gasteiger charge is 2.15. The fourth-order valence-electron chi connectivity index (χ4n) is 3.63. The number of nitrogens with zero attached hydrogens (tertiary/aromatic N) is 4. The van der Waals surface area contributed by atoms with Crippen LogP contribution in [0.5, 0.6) is 0 Å². The molecule has 7 nitrogen and oxygen atoms in total. The molecule has 0 spiro atoms. The number of hydrogen-bond donors (Lipinski definition) is 2. The van der Waals surface area contributed by atoms with Crippen LogP contribution >= 0.6 is 24.0 Å². The lowest BCUT2D eigenvalue weighted by Crippen LogP contribution is -2.38. The largest absolute Gasteiger partial charge is 0.357 e. The molecule has 8 heteroatoms. The first-order valence-electron chi connectivity index (χ1n) is 11.1. The van der Waals surface area contributed by atoms with E-state index in [-0.39, 0.29) is 24.0 Å². The summed E-state index contributed by atoms with van der Waals surface area (Å²) in [5.41, 5.74) is 2.34. The molecule has 0 atom stereocenters. The van der Waals surface area contributed by atoms with Gasteiger partial charge in [0.1, 0.15) is 0 Å². The van der Waals surface area contributed by atoms with Crippen molar-refractivity contribution in [2.75, 3.05) is 32.7 Å². The van der Waals surface area contributed by atoms with E-state index in [1.165, 1.54) is 12.0 Å². The zero-order valence-electron chi connectivity index (χ0n) is 18.4. The number of amides is 1. The summed E-state index contributed by atoms with van der Waals surface area (Å²) in [4.78, 5) is 18.7. The Kier molecular flexibility index (Phi) is 11.4. The van der Waals surface area contributed by atoms with Crippen molar-refractivity contribution in [1.82, 2.24) is 25.3 Å². The van der Waals surface area contributed by atoms with Gasteiger partial charge in [0.15, 0.2) is 5.96 Å². The number of aromatic nitrogens is 2. The number of carbonyl (C=O) groups excluding carboxylic acids is 1. The second-order valence-electron chi connectivity index (χ2n) is 7.60. The maximum Gasteiger partial charge on any atom is 0.222 e. The summed E-state index contributed by atoms with van der Waals surface area (Å²) in [5.74, 6) is 1.15. The van der Waals surface area contributed by atoms with E-state index in [2.05, 4.69) is 51.9 Å². The van der Waals surface area contributed by atoms with Crippen molar-refractivity contribution < 1.29 is 4.79 Å². The highest BCUT2D eigenvalue weighted by atomic mass is 127. The molecule has 1 fully saturated rings. The average Bonchev–Trinajstić information content (AvgIpc) is 3.22. The standard InChI is InChI=1S/C23H34N6O.HI/c1-2-24-23(25-14-6-18-28-17-5-3-4-8-22(28)30)26-16-13-20-9-11-21(12-10-20)29-19-7-15-27-29;/h7,9-12,15,19H,2-6,8,13-14,16-18H2,1H3,(H2,24,25,26);1H. The van der Waals surface area contributed by atoms with Gasteiger partial charge >= 0.3 is 0 Å². The molecule has 2 heterocycles. The van der Waals surface area contributed by atoms with Crippen LogP contribution < -0.4 is 10.6 Å². The first-order chi connectivity index (χ1) is 14.8. The van der Waals surface area contributed by atoms with Gasteiger partial charge < -0.3 is 15.5 Å². The predicted octanol–water partition coefficient (Wildman–Crippen LogP) is 3.38. The molecule has 0 radical (unpaired) electrons. The summed E-state index contributed by atoms with van der Waals surface area (Å²) in [6.45, 7) is 6.15. The van der Waals surface area contributed by atoms with Gasteiger partial charge in [-0.3, -0.25) is 9.79 Å². The normalized spacial score (nSPS) is 14.7. The Balaban J connectivity index is 0.00000341. The van der Waals surface area contributed by atoms with E-state index in [0.717, 1.165) is 70.1 Å². The second-order valence-corrected chi connectivity index (χ2v) is 7.60. The van der Waals surface area contributed by atoms with Gasteiger partial charge in [0.05, 0.1) is 5.69 Å². The highest BCUT2D eigenvalue weighted by molar-refractivity contribution is 14.0. The average molecular weight is 538 g/mol. The molecule has 31 heavy (non-hydrogen) atoms. The molecular weight excluding hydrogens is 503 g/mol. The van der Waals surface area contributed by atoms with Crippen LogP contribution in [-0.2, 0) is 11.2 Å². The van der Waals surface area contributed by atoms with Crippen molar-refractivity contribution in [3.8, 4) is 5.69 Å². The van der Waals surface area contributed by atoms with Gasteiger partial charge in [-0.1, -0.05) is 18.6 Å². The summed E-state index contributed by atoms with van der Waals surface area (Å²) in [6, 6.07) is 10.4. The van der Waals surface area contributed by atoms with Crippen LogP contribution in [-0.4, -0.2) is 59.3 Å². The minimum absolute atomic E-state index is 0. The molecule has 2 aromatic rings. The highest BCUT2D eigenvalue weighted by Crippen LogP contribution is 2.11. The van der Waals surface area contributed by atoms with Crippen molar-refractivity contribution in [2.45, 2.75) is 45.4 Å². The van der Waals surface area contributed by atoms with Crippen molar-refractivity contribution in [1.29, 1.82) is 0 Å². The number of halogens is 1. The van der Waals surface area contributed by atoms with Crippen molar-refractivity contribution in [3.05, 3.63) is 48.3 Å². The zero-order chi connectivity index (χ0) is 21.0. The van der Waals surface area contributed by atoms with Crippen LogP contribution in [0.3, 0.4) is 0 Å². The first kappa shape index (κ1) is 25.2. The minimum Gasteiger partial charge on any atom is -0.357 e. The van der Waals surface area contributed by atoms with Gasteiger partial charge in [-0.15, -0.1) is 24.0 Å². The van der Waals surface area contributed by atoms with Gasteiger partial charge in [0, 0.05) is 51.5 Å². The summed E-state index contributed by atoms with van der Waals surface area (Å²) >= 11 is 0. The van der Waals surface area contributed by atoms with Gasteiger partial charge in [0.2, 0.25) is 5.91 Å². The number of guanidine groups is 1. The fourth-order valence-corrected chi connectivity index (χ4v) is 3.63. The topological polar surface area (TPSA) is 74.6 Å². The monoisotopic (exact) mass is 538 g/mol. The van der Waals surface area contributed by atoms with E-state index in [4.69, 9.17) is 0 Å². The molecule has 3 rings (SSSR count). The van der Waals surface area contributed by atoms with Crippen LogP contribution in [0.2, 0.25) is 0 Å². The second kappa shape index (κ2) is 14.1. The maximum atomic E-state index is 12.1. The van der Waals surface area contributed by atoms with E-state index >= 15 is 0 Å². The Hall–Kier alpha value is -2.10. The van der Waals surface area contributed by atoms with Crippen molar-refractivity contribution in [2.24, 2.45) is 4.99 Å². The molecule has 0 aliphatic carbocycles. The lowest BCUT2D eigenvalue weighted by Gasteiger charge is -2.20. The minimum atomic E-state index is 0. The van der Waals surface area contributed by atoms with Crippen LogP contribution in [0.25, 0.3) is 5.69 Å². The van der Waals surface area contributed by atoms with Crippen LogP contribution in [0, 0.1) is 0 Å². The van der Waals surface area contributed by atoms with Gasteiger partial charge in [-0.05, 0) is 56.4 Å². The van der Waals surface area contributed by atoms with E-state index in [9.17, 15) is 4.79 Å². The Bertz CT molecular complexity index is 791. The lowest BCUT2D eigenvalue weighted by atomic mass is 10.1. The molecule has 0 unspecified atom stereocenters. The number of aliphatic imine (C=N–C) groups is 1. The molecular formula is C23H35IN6O. The quantitative estimate of drug-likeness (QED) is 0.222. The van der Waals surface area contributed by atoms with Crippen molar-refractivity contribution >= 4 is 35.8 Å². The third-order valence-electron chi connectivity index (χ3n) is 5.28. The molecule has 2 N–H and O–H groups in total. The predicted molar refractivity (Wildman–Crippen MR) is 136 cm³/mol. The van der Waals surface area contributed by atoms with Gasteiger partial charge in [0.25, 0.3) is 0 Å². The molecule has 1 aliphatic heterocycles. The van der Waals surface area contributed by atoms with Crippen molar-refractivity contribution in [3.63, 3.8) is 0 Å². The molecule has 1 aromatic heterocycles. The Morgan fingerprint density at radius 3 is 2.74 bits per heavy atom. The SMILES string of the molecule is CCNC(=NCCCN1CCCCCC1=O)NCCc1ccc(-n2cccn2)cc1.I. The van der Waals surface area contributed by atoms with Gasteiger partial charge in [-0.25, -0.2) is 4.68 Å². The third-order valence-corrected chi connectivity index (χ3v) is 5.28. The Labute approximate surface area is 202 Å². The molecule has 1 aromatic carbocycles. The molecule has 1 amide bonds. The molecule has 0 bridgehead atoms. The zero-order valence-corrected chi connectivity index (χ0v) is 20.8. The van der Waals surface area contributed by atoms with E-state index in [1.54, 1.807) is 6.20 Å². The van der Waals surface area contributed by atoms with E-state index in [0.29, 0.717) is 12.3 Å². The number of benzene rings is 1. The first-order valence-corrected chi connectivity index (χ1v) is 11.1. The molecule has 1 aliphatic rings. The Morgan fingerprint density at radius 2 is 2.00 bits per heavy atom. The van der Waals surface area contributed by atoms with Gasteiger partial charge in [-0.2, -0.15) is 5.10 Å².